The molecule has 3 heterocycles. The zero-order valence-corrected chi connectivity index (χ0v) is 14.4. The molecule has 0 saturated carbocycles. The lowest BCUT2D eigenvalue weighted by molar-refractivity contribution is 0.595. The summed E-state index contributed by atoms with van der Waals surface area (Å²) in [6.07, 6.45) is 3.59. The van der Waals surface area contributed by atoms with Crippen LogP contribution in [0.15, 0.2) is 69.5 Å². The van der Waals surface area contributed by atoms with Gasteiger partial charge in [-0.05, 0) is 36.8 Å². The molecule has 120 valence electrons. The Bertz CT molecular complexity index is 1130. The lowest BCUT2D eigenvalue weighted by Gasteiger charge is -2.00. The predicted octanol–water partition coefficient (Wildman–Crippen LogP) is 3.60. The molecular formula is C17H13N3O2S2. The molecule has 0 saturated heterocycles. The van der Waals surface area contributed by atoms with Crippen molar-refractivity contribution in [2.75, 3.05) is 0 Å². The molecule has 0 N–H and O–H groups in total. The molecule has 24 heavy (non-hydrogen) atoms. The molecule has 0 amide bonds. The maximum atomic E-state index is 12.7. The van der Waals surface area contributed by atoms with Gasteiger partial charge < -0.3 is 0 Å². The summed E-state index contributed by atoms with van der Waals surface area (Å²) in [7, 11) is -3.59. The Morgan fingerprint density at radius 2 is 1.92 bits per heavy atom. The molecular weight excluding hydrogens is 342 g/mol. The molecule has 0 atom stereocenters. The molecule has 0 fully saturated rings. The van der Waals surface area contributed by atoms with Gasteiger partial charge >= 0.3 is 0 Å². The summed E-state index contributed by atoms with van der Waals surface area (Å²) in [5, 5.41) is 6.06. The zero-order valence-electron chi connectivity index (χ0n) is 12.7. The van der Waals surface area contributed by atoms with Crippen LogP contribution in [-0.4, -0.2) is 23.0 Å². The molecule has 0 aliphatic carbocycles. The van der Waals surface area contributed by atoms with Crippen LogP contribution in [0.2, 0.25) is 0 Å². The van der Waals surface area contributed by atoms with E-state index in [9.17, 15) is 8.42 Å². The minimum absolute atomic E-state index is 0.0932. The fourth-order valence-electron chi connectivity index (χ4n) is 2.49. The van der Waals surface area contributed by atoms with Crippen LogP contribution >= 0.6 is 11.3 Å². The number of sulfone groups is 1. The van der Waals surface area contributed by atoms with E-state index < -0.39 is 9.84 Å². The normalized spacial score (nSPS) is 11.9. The summed E-state index contributed by atoms with van der Waals surface area (Å²) in [6, 6.07) is 12.3. The Morgan fingerprint density at radius 3 is 2.71 bits per heavy atom. The first-order valence-electron chi connectivity index (χ1n) is 7.26. The summed E-state index contributed by atoms with van der Waals surface area (Å²) in [5.74, 6) is 0. The summed E-state index contributed by atoms with van der Waals surface area (Å²) in [5.41, 5.74) is 3.46. The lowest BCUT2D eigenvalue weighted by atomic mass is 10.2. The Labute approximate surface area is 143 Å². The number of benzene rings is 1. The first-order valence-corrected chi connectivity index (χ1v) is 9.62. The van der Waals surface area contributed by atoms with Crippen LogP contribution in [0.1, 0.15) is 5.56 Å². The number of aromatic nitrogens is 3. The molecule has 7 heteroatoms. The smallest absolute Gasteiger partial charge is 0.233 e. The van der Waals surface area contributed by atoms with Crippen molar-refractivity contribution in [2.24, 2.45) is 0 Å². The maximum absolute atomic E-state index is 12.7. The SMILES string of the molecule is Cc1ccn2ncc(-c3csc(S(=O)(=O)c4ccccc4)n3)c2c1. The van der Waals surface area contributed by atoms with Crippen molar-refractivity contribution in [1.29, 1.82) is 0 Å². The number of hydrogen-bond acceptors (Lipinski definition) is 5. The van der Waals surface area contributed by atoms with Gasteiger partial charge in [0.1, 0.15) is 0 Å². The highest BCUT2D eigenvalue weighted by Gasteiger charge is 2.22. The minimum Gasteiger partial charge on any atom is -0.240 e. The predicted molar refractivity (Wildman–Crippen MR) is 92.9 cm³/mol. The minimum atomic E-state index is -3.59. The fourth-order valence-corrected chi connectivity index (χ4v) is 4.91. The highest BCUT2D eigenvalue weighted by Crippen LogP contribution is 2.30. The quantitative estimate of drug-likeness (QED) is 0.563. The van der Waals surface area contributed by atoms with Crippen molar-refractivity contribution in [2.45, 2.75) is 16.2 Å². The van der Waals surface area contributed by atoms with Crippen molar-refractivity contribution in [3.8, 4) is 11.3 Å². The van der Waals surface area contributed by atoms with Crippen molar-refractivity contribution >= 4 is 26.7 Å². The first kappa shape index (κ1) is 15.0. The number of aryl methyl sites for hydroxylation is 1. The van der Waals surface area contributed by atoms with Gasteiger partial charge in [0.05, 0.1) is 22.3 Å². The number of fused-ring (bicyclic) bond motifs is 1. The maximum Gasteiger partial charge on any atom is 0.233 e. The third-order valence-electron chi connectivity index (χ3n) is 3.72. The van der Waals surface area contributed by atoms with Gasteiger partial charge in [-0.1, -0.05) is 18.2 Å². The molecule has 0 bridgehead atoms. The molecule has 3 aromatic heterocycles. The van der Waals surface area contributed by atoms with Crippen molar-refractivity contribution in [3.63, 3.8) is 0 Å². The number of nitrogens with zero attached hydrogens (tertiary/aromatic N) is 3. The van der Waals surface area contributed by atoms with E-state index in [4.69, 9.17) is 0 Å². The van der Waals surface area contributed by atoms with Crippen LogP contribution < -0.4 is 0 Å². The molecule has 0 radical (unpaired) electrons. The Hall–Kier alpha value is -2.51. The number of rotatable bonds is 3. The topological polar surface area (TPSA) is 64.3 Å². The Kier molecular flexibility index (Phi) is 3.47. The van der Waals surface area contributed by atoms with Gasteiger partial charge in [-0.25, -0.2) is 17.9 Å². The monoisotopic (exact) mass is 355 g/mol. The van der Waals surface area contributed by atoms with E-state index in [1.807, 2.05) is 25.3 Å². The van der Waals surface area contributed by atoms with Crippen LogP contribution in [0.25, 0.3) is 16.8 Å². The molecule has 4 aromatic rings. The van der Waals surface area contributed by atoms with Gasteiger partial charge in [0.25, 0.3) is 0 Å². The highest BCUT2D eigenvalue weighted by atomic mass is 32.2. The van der Waals surface area contributed by atoms with E-state index in [-0.39, 0.29) is 9.24 Å². The third kappa shape index (κ3) is 2.42. The lowest BCUT2D eigenvalue weighted by Crippen LogP contribution is -2.01. The van der Waals surface area contributed by atoms with Gasteiger partial charge in [-0.15, -0.1) is 11.3 Å². The van der Waals surface area contributed by atoms with E-state index in [1.165, 1.54) is 0 Å². The second-order valence-corrected chi connectivity index (χ2v) is 8.39. The van der Waals surface area contributed by atoms with Crippen molar-refractivity contribution < 1.29 is 8.42 Å². The summed E-state index contributed by atoms with van der Waals surface area (Å²) >= 11 is 1.13. The standard InChI is InChI=1S/C17H13N3O2S2/c1-12-7-8-20-16(9-12)14(10-18-20)15-11-23-17(19-15)24(21,22)13-5-3-2-4-6-13/h2-11H,1H3. The molecule has 0 spiro atoms. The fraction of sp³-hybridized carbons (Fsp3) is 0.0588. The second-order valence-electron chi connectivity index (χ2n) is 5.41. The Balaban J connectivity index is 1.81. The van der Waals surface area contributed by atoms with Gasteiger partial charge in [-0.3, -0.25) is 0 Å². The van der Waals surface area contributed by atoms with Gasteiger partial charge in [-0.2, -0.15) is 5.10 Å². The van der Waals surface area contributed by atoms with Crippen LogP contribution in [0, 0.1) is 6.92 Å². The van der Waals surface area contributed by atoms with E-state index >= 15 is 0 Å². The van der Waals surface area contributed by atoms with E-state index in [1.54, 1.807) is 46.4 Å². The largest absolute Gasteiger partial charge is 0.240 e. The number of pyridine rings is 1. The number of thiazole rings is 1. The van der Waals surface area contributed by atoms with Crippen LogP contribution in [0.4, 0.5) is 0 Å². The zero-order chi connectivity index (χ0) is 16.7. The molecule has 0 aliphatic rings. The molecule has 1 aromatic carbocycles. The van der Waals surface area contributed by atoms with Gasteiger partial charge in [0, 0.05) is 17.1 Å². The van der Waals surface area contributed by atoms with Gasteiger partial charge in [0.15, 0.2) is 0 Å². The molecule has 5 nitrogen and oxygen atoms in total. The Morgan fingerprint density at radius 1 is 1.12 bits per heavy atom. The van der Waals surface area contributed by atoms with Gasteiger partial charge in [0.2, 0.25) is 14.2 Å². The van der Waals surface area contributed by atoms with E-state index in [0.29, 0.717) is 5.69 Å². The highest BCUT2D eigenvalue weighted by molar-refractivity contribution is 7.93. The molecule has 0 aliphatic heterocycles. The van der Waals surface area contributed by atoms with Crippen LogP contribution in [0.5, 0.6) is 0 Å². The van der Waals surface area contributed by atoms with E-state index in [0.717, 1.165) is 28.0 Å². The summed E-state index contributed by atoms with van der Waals surface area (Å²) < 4.78 is 27.2. The average Bonchev–Trinajstić information content (AvgIpc) is 3.22. The first-order chi connectivity index (χ1) is 11.6. The number of hydrogen-bond donors (Lipinski definition) is 0. The summed E-state index contributed by atoms with van der Waals surface area (Å²) in [4.78, 5) is 4.61. The van der Waals surface area contributed by atoms with Crippen LogP contribution in [0.3, 0.4) is 0 Å². The molecule has 4 rings (SSSR count). The third-order valence-corrected chi connectivity index (χ3v) is 6.74. The van der Waals surface area contributed by atoms with E-state index in [2.05, 4.69) is 10.1 Å². The average molecular weight is 355 g/mol. The van der Waals surface area contributed by atoms with Crippen molar-refractivity contribution in [3.05, 3.63) is 65.8 Å². The molecule has 0 unspecified atom stereocenters. The second kappa shape index (κ2) is 5.54. The van der Waals surface area contributed by atoms with Crippen molar-refractivity contribution in [1.82, 2.24) is 14.6 Å². The van der Waals surface area contributed by atoms with Crippen LogP contribution in [-0.2, 0) is 9.84 Å². The summed E-state index contributed by atoms with van der Waals surface area (Å²) in [6.45, 7) is 2.00.